The third kappa shape index (κ3) is 6.22. The van der Waals surface area contributed by atoms with E-state index < -0.39 is 6.16 Å². The molecule has 0 amide bonds. The fourth-order valence-corrected chi connectivity index (χ4v) is 2.64. The maximum Gasteiger partial charge on any atom is 0.513 e. The predicted molar refractivity (Wildman–Crippen MR) is 102 cm³/mol. The van der Waals surface area contributed by atoms with Crippen LogP contribution in [0.25, 0.3) is 17.0 Å². The molecule has 1 heterocycles. The summed E-state index contributed by atoms with van der Waals surface area (Å²) in [4.78, 5) is 16.3. The summed E-state index contributed by atoms with van der Waals surface area (Å²) in [6, 6.07) is 9.40. The lowest BCUT2D eigenvalue weighted by Gasteiger charge is -2.08. The summed E-state index contributed by atoms with van der Waals surface area (Å²) in [7, 11) is 0. The molecular formula is C21H27NO3. The zero-order valence-corrected chi connectivity index (χ0v) is 15.2. The number of aromatic nitrogens is 1. The van der Waals surface area contributed by atoms with Crippen molar-refractivity contribution >= 4 is 23.1 Å². The van der Waals surface area contributed by atoms with Crippen molar-refractivity contribution in [3.63, 3.8) is 0 Å². The number of ether oxygens (including phenoxy) is 2. The van der Waals surface area contributed by atoms with Crippen LogP contribution in [0.15, 0.2) is 36.4 Å². The highest BCUT2D eigenvalue weighted by Gasteiger charge is 2.10. The van der Waals surface area contributed by atoms with Crippen LogP contribution >= 0.6 is 0 Å². The Balaban J connectivity index is 2.08. The molecule has 0 aliphatic heterocycles. The van der Waals surface area contributed by atoms with Crippen molar-refractivity contribution in [3.8, 4) is 5.75 Å². The van der Waals surface area contributed by atoms with Crippen molar-refractivity contribution in [2.24, 2.45) is 0 Å². The van der Waals surface area contributed by atoms with Gasteiger partial charge in [0, 0.05) is 11.5 Å². The van der Waals surface area contributed by atoms with Gasteiger partial charge in [-0.25, -0.2) is 9.78 Å². The van der Waals surface area contributed by atoms with E-state index in [2.05, 4.69) is 18.0 Å². The summed E-state index contributed by atoms with van der Waals surface area (Å²) in [5.41, 5.74) is 1.58. The highest BCUT2D eigenvalue weighted by Crippen LogP contribution is 2.26. The first-order valence-corrected chi connectivity index (χ1v) is 9.15. The smallest absolute Gasteiger partial charge is 0.434 e. The number of pyridine rings is 1. The van der Waals surface area contributed by atoms with Crippen molar-refractivity contribution in [1.29, 1.82) is 0 Å². The summed E-state index contributed by atoms with van der Waals surface area (Å²) >= 11 is 0. The van der Waals surface area contributed by atoms with Crippen LogP contribution < -0.4 is 4.74 Å². The number of nitrogens with zero attached hydrogens (tertiary/aromatic N) is 1. The lowest BCUT2D eigenvalue weighted by Crippen LogP contribution is -2.10. The average molecular weight is 341 g/mol. The number of rotatable bonds is 9. The van der Waals surface area contributed by atoms with Crippen LogP contribution in [0.2, 0.25) is 0 Å². The van der Waals surface area contributed by atoms with Gasteiger partial charge in [0.2, 0.25) is 0 Å². The molecule has 0 N–H and O–H groups in total. The molecule has 0 saturated carbocycles. The van der Waals surface area contributed by atoms with Gasteiger partial charge in [-0.05, 0) is 38.0 Å². The zero-order chi connectivity index (χ0) is 17.9. The number of para-hydroxylation sites is 1. The molecule has 0 aliphatic carbocycles. The third-order valence-electron chi connectivity index (χ3n) is 3.92. The number of unbranched alkanes of at least 4 members (excludes halogenated alkanes) is 5. The zero-order valence-electron chi connectivity index (χ0n) is 15.2. The highest BCUT2D eigenvalue weighted by atomic mass is 16.7. The molecule has 0 fully saturated rings. The number of allylic oxidation sites excluding steroid dienone is 1. The van der Waals surface area contributed by atoms with Gasteiger partial charge >= 0.3 is 6.16 Å². The van der Waals surface area contributed by atoms with Crippen LogP contribution in [0.5, 0.6) is 5.75 Å². The number of carbonyl (C=O) groups excluding carboxylic acids is 1. The van der Waals surface area contributed by atoms with Gasteiger partial charge in [0.15, 0.2) is 0 Å². The van der Waals surface area contributed by atoms with Gasteiger partial charge in [-0.15, -0.1) is 0 Å². The first kappa shape index (κ1) is 19.0. The topological polar surface area (TPSA) is 48.4 Å². The molecule has 0 saturated heterocycles. The SMILES string of the molecule is CCCCCCC/C=C/c1cc(OC(=O)OCC)c2ccccc2n1. The van der Waals surface area contributed by atoms with Crippen molar-refractivity contribution in [1.82, 2.24) is 4.98 Å². The summed E-state index contributed by atoms with van der Waals surface area (Å²) in [5, 5.41) is 0.798. The highest BCUT2D eigenvalue weighted by molar-refractivity contribution is 5.88. The number of carbonyl (C=O) groups is 1. The first-order valence-electron chi connectivity index (χ1n) is 9.15. The lowest BCUT2D eigenvalue weighted by atomic mass is 10.1. The Bertz CT molecular complexity index is 709. The Labute approximate surface area is 149 Å². The number of benzene rings is 1. The van der Waals surface area contributed by atoms with Crippen LogP contribution in [0.1, 0.15) is 58.1 Å². The quantitative estimate of drug-likeness (QED) is 0.406. The van der Waals surface area contributed by atoms with Crippen molar-refractivity contribution in [2.75, 3.05) is 6.61 Å². The third-order valence-corrected chi connectivity index (χ3v) is 3.92. The van der Waals surface area contributed by atoms with E-state index in [1.807, 2.05) is 30.3 Å². The van der Waals surface area contributed by atoms with Crippen LogP contribution in [0, 0.1) is 0 Å². The van der Waals surface area contributed by atoms with Crippen LogP contribution in [-0.4, -0.2) is 17.7 Å². The molecule has 1 aromatic heterocycles. The Morgan fingerprint density at radius 1 is 1.12 bits per heavy atom. The fourth-order valence-electron chi connectivity index (χ4n) is 2.64. The Hall–Kier alpha value is -2.36. The van der Waals surface area contributed by atoms with Gasteiger partial charge in [0.25, 0.3) is 0 Å². The molecule has 2 rings (SSSR count). The summed E-state index contributed by atoms with van der Waals surface area (Å²) in [6.45, 7) is 4.26. The minimum absolute atomic E-state index is 0.284. The Kier molecular flexibility index (Phi) is 7.96. The largest absolute Gasteiger partial charge is 0.513 e. The molecule has 1 aromatic carbocycles. The molecule has 0 radical (unpaired) electrons. The second-order valence-corrected chi connectivity index (χ2v) is 5.95. The first-order chi connectivity index (χ1) is 12.2. The number of fused-ring (bicyclic) bond motifs is 1. The Morgan fingerprint density at radius 3 is 2.72 bits per heavy atom. The standard InChI is InChI=1S/C21H27NO3/c1-3-5-6-7-8-9-10-13-17-16-20(25-21(23)24-4-2)18-14-11-12-15-19(18)22-17/h10-16H,3-9H2,1-2H3/b13-10+. The van der Waals surface area contributed by atoms with Crippen LogP contribution in [0.4, 0.5) is 4.79 Å². The van der Waals surface area contributed by atoms with Gasteiger partial charge in [-0.3, -0.25) is 0 Å². The second-order valence-electron chi connectivity index (χ2n) is 5.95. The molecular weight excluding hydrogens is 314 g/mol. The van der Waals surface area contributed by atoms with Gasteiger partial charge in [-0.1, -0.05) is 50.8 Å². The second kappa shape index (κ2) is 10.5. The molecule has 2 aromatic rings. The maximum absolute atomic E-state index is 11.7. The van der Waals surface area contributed by atoms with Gasteiger partial charge in [-0.2, -0.15) is 0 Å². The van der Waals surface area contributed by atoms with Gasteiger partial charge in [0.1, 0.15) is 5.75 Å². The van der Waals surface area contributed by atoms with Crippen molar-refractivity contribution in [2.45, 2.75) is 52.4 Å². The molecule has 4 heteroatoms. The molecule has 134 valence electrons. The maximum atomic E-state index is 11.7. The summed E-state index contributed by atoms with van der Waals surface area (Å²) in [5.74, 6) is 0.478. The lowest BCUT2D eigenvalue weighted by molar-refractivity contribution is 0.105. The molecule has 0 unspecified atom stereocenters. The van der Waals surface area contributed by atoms with E-state index >= 15 is 0 Å². The van der Waals surface area contributed by atoms with Gasteiger partial charge in [0.05, 0.1) is 17.8 Å². The minimum Gasteiger partial charge on any atom is -0.434 e. The van der Waals surface area contributed by atoms with Crippen molar-refractivity contribution in [3.05, 3.63) is 42.1 Å². The van der Waals surface area contributed by atoms with Crippen LogP contribution in [-0.2, 0) is 4.74 Å². The van der Waals surface area contributed by atoms with Crippen molar-refractivity contribution < 1.29 is 14.3 Å². The van der Waals surface area contributed by atoms with E-state index in [4.69, 9.17) is 9.47 Å². The van der Waals surface area contributed by atoms with E-state index in [0.717, 1.165) is 23.0 Å². The summed E-state index contributed by atoms with van der Waals surface area (Å²) < 4.78 is 10.2. The van der Waals surface area contributed by atoms with E-state index in [0.29, 0.717) is 5.75 Å². The molecule has 0 atom stereocenters. The van der Waals surface area contributed by atoms with E-state index in [1.54, 1.807) is 13.0 Å². The molecule has 0 aliphatic rings. The Morgan fingerprint density at radius 2 is 1.92 bits per heavy atom. The molecule has 0 bridgehead atoms. The van der Waals surface area contributed by atoms with E-state index in [-0.39, 0.29) is 6.61 Å². The number of hydrogen-bond donors (Lipinski definition) is 0. The molecule has 0 spiro atoms. The summed E-state index contributed by atoms with van der Waals surface area (Å²) in [6.07, 6.45) is 10.8. The normalized spacial score (nSPS) is 11.1. The van der Waals surface area contributed by atoms with E-state index in [1.165, 1.54) is 32.1 Å². The predicted octanol–water partition coefficient (Wildman–Crippen LogP) is 6.14. The van der Waals surface area contributed by atoms with Gasteiger partial charge < -0.3 is 9.47 Å². The minimum atomic E-state index is -0.690. The monoisotopic (exact) mass is 341 g/mol. The average Bonchev–Trinajstić information content (AvgIpc) is 2.61. The molecule has 25 heavy (non-hydrogen) atoms. The fraction of sp³-hybridized carbons (Fsp3) is 0.429. The molecule has 4 nitrogen and oxygen atoms in total. The van der Waals surface area contributed by atoms with E-state index in [9.17, 15) is 4.79 Å². The van der Waals surface area contributed by atoms with Crippen LogP contribution in [0.3, 0.4) is 0 Å². The number of hydrogen-bond acceptors (Lipinski definition) is 4.